The van der Waals surface area contributed by atoms with Crippen LogP contribution in [0, 0.1) is 0 Å². The van der Waals surface area contributed by atoms with Gasteiger partial charge in [-0.1, -0.05) is 44.2 Å². The zero-order chi connectivity index (χ0) is 15.0. The van der Waals surface area contributed by atoms with E-state index in [1.54, 1.807) is 0 Å². The van der Waals surface area contributed by atoms with Crippen LogP contribution in [-0.2, 0) is 4.79 Å². The second-order valence-electron chi connectivity index (χ2n) is 5.09. The number of amides is 1. The number of hydrogen-bond donors (Lipinski definition) is 1. The highest BCUT2D eigenvalue weighted by atomic mass is 16.2. The minimum absolute atomic E-state index is 0.0633. The Hall–Kier alpha value is -1.39. The average Bonchev–Trinajstić information content (AvgIpc) is 2.44. The molecule has 112 valence electrons. The summed E-state index contributed by atoms with van der Waals surface area (Å²) < 4.78 is 0. The summed E-state index contributed by atoms with van der Waals surface area (Å²) in [6.07, 6.45) is 0. The van der Waals surface area contributed by atoms with Gasteiger partial charge in [0.1, 0.15) is 6.04 Å². The van der Waals surface area contributed by atoms with Crippen molar-refractivity contribution < 1.29 is 4.79 Å². The topological polar surface area (TPSA) is 35.6 Å². The molecule has 0 spiro atoms. The fraction of sp³-hybridized carbons (Fsp3) is 0.562. The molecule has 1 atom stereocenters. The lowest BCUT2D eigenvalue weighted by molar-refractivity contribution is -0.125. The molecule has 1 aromatic carbocycles. The standard InChI is InChI=1S/C16H27N3O/c1-5-19(6-2)13-12-17-16(20)15(18(3)4)14-10-8-7-9-11-14/h7-11,15H,5-6,12-13H2,1-4H3,(H,17,20)/t15-/m0/s1. The van der Waals surface area contributed by atoms with Gasteiger partial charge in [0.2, 0.25) is 5.91 Å². The van der Waals surface area contributed by atoms with Crippen molar-refractivity contribution in [2.45, 2.75) is 19.9 Å². The lowest BCUT2D eigenvalue weighted by atomic mass is 10.1. The molecule has 20 heavy (non-hydrogen) atoms. The number of likely N-dealkylation sites (N-methyl/N-ethyl adjacent to an activating group) is 2. The van der Waals surface area contributed by atoms with Crippen molar-refractivity contribution in [3.05, 3.63) is 35.9 Å². The summed E-state index contributed by atoms with van der Waals surface area (Å²) in [6.45, 7) is 7.89. The Morgan fingerprint density at radius 3 is 2.25 bits per heavy atom. The summed E-state index contributed by atoms with van der Waals surface area (Å²) in [6, 6.07) is 9.66. The van der Waals surface area contributed by atoms with Gasteiger partial charge in [-0.3, -0.25) is 9.69 Å². The first-order chi connectivity index (χ1) is 9.60. The summed E-state index contributed by atoms with van der Waals surface area (Å²) in [5.41, 5.74) is 1.03. The van der Waals surface area contributed by atoms with Crippen molar-refractivity contribution in [1.29, 1.82) is 0 Å². The second kappa shape index (κ2) is 8.72. The van der Waals surface area contributed by atoms with Gasteiger partial charge in [-0.15, -0.1) is 0 Å². The molecule has 4 nitrogen and oxygen atoms in total. The molecule has 1 rings (SSSR count). The Labute approximate surface area is 122 Å². The molecule has 1 amide bonds. The van der Waals surface area contributed by atoms with Gasteiger partial charge in [0.15, 0.2) is 0 Å². The number of rotatable bonds is 8. The van der Waals surface area contributed by atoms with Crippen molar-refractivity contribution >= 4 is 5.91 Å². The molecule has 4 heteroatoms. The van der Waals surface area contributed by atoms with Crippen LogP contribution in [-0.4, -0.2) is 56.0 Å². The van der Waals surface area contributed by atoms with Crippen LogP contribution in [0.3, 0.4) is 0 Å². The van der Waals surface area contributed by atoms with Crippen LogP contribution in [0.2, 0.25) is 0 Å². The Morgan fingerprint density at radius 1 is 1.15 bits per heavy atom. The minimum atomic E-state index is -0.229. The van der Waals surface area contributed by atoms with Crippen molar-refractivity contribution in [2.24, 2.45) is 0 Å². The maximum Gasteiger partial charge on any atom is 0.241 e. The van der Waals surface area contributed by atoms with Gasteiger partial charge in [-0.2, -0.15) is 0 Å². The SMILES string of the molecule is CCN(CC)CCNC(=O)[C@H](c1ccccc1)N(C)C. The van der Waals surface area contributed by atoms with Crippen molar-refractivity contribution in [1.82, 2.24) is 15.1 Å². The third kappa shape index (κ3) is 4.94. The van der Waals surface area contributed by atoms with Gasteiger partial charge < -0.3 is 10.2 Å². The van der Waals surface area contributed by atoms with E-state index in [9.17, 15) is 4.79 Å². The summed E-state index contributed by atoms with van der Waals surface area (Å²) in [4.78, 5) is 16.6. The molecule has 0 fully saturated rings. The van der Waals surface area contributed by atoms with Crippen LogP contribution >= 0.6 is 0 Å². The highest BCUT2D eigenvalue weighted by molar-refractivity contribution is 5.83. The minimum Gasteiger partial charge on any atom is -0.353 e. The van der Waals surface area contributed by atoms with Gasteiger partial charge in [-0.25, -0.2) is 0 Å². The molecule has 0 saturated heterocycles. The maximum absolute atomic E-state index is 12.4. The van der Waals surface area contributed by atoms with Gasteiger partial charge >= 0.3 is 0 Å². The molecule has 0 unspecified atom stereocenters. The first-order valence-corrected chi connectivity index (χ1v) is 7.31. The highest BCUT2D eigenvalue weighted by Gasteiger charge is 2.22. The summed E-state index contributed by atoms with van der Waals surface area (Å²) >= 11 is 0. The van der Waals surface area contributed by atoms with Gasteiger partial charge in [0.05, 0.1) is 0 Å². The molecule has 1 N–H and O–H groups in total. The van der Waals surface area contributed by atoms with E-state index in [0.29, 0.717) is 6.54 Å². The number of nitrogens with one attached hydrogen (secondary N) is 1. The number of carbonyl (C=O) groups excluding carboxylic acids is 1. The first kappa shape index (κ1) is 16.7. The number of hydrogen-bond acceptors (Lipinski definition) is 3. The molecule has 0 radical (unpaired) electrons. The Morgan fingerprint density at radius 2 is 1.75 bits per heavy atom. The Kier molecular flexibility index (Phi) is 7.26. The summed E-state index contributed by atoms with van der Waals surface area (Å²) in [7, 11) is 3.86. The molecule has 0 bridgehead atoms. The van der Waals surface area contributed by atoms with E-state index in [1.807, 2.05) is 49.3 Å². The number of carbonyl (C=O) groups is 1. The molecule has 0 aliphatic rings. The number of benzene rings is 1. The lowest BCUT2D eigenvalue weighted by Crippen LogP contribution is -2.40. The van der Waals surface area contributed by atoms with Crippen LogP contribution in [0.15, 0.2) is 30.3 Å². The van der Waals surface area contributed by atoms with E-state index < -0.39 is 0 Å². The highest BCUT2D eigenvalue weighted by Crippen LogP contribution is 2.17. The van der Waals surface area contributed by atoms with Crippen LogP contribution < -0.4 is 5.32 Å². The van der Waals surface area contributed by atoms with E-state index in [1.165, 1.54) is 0 Å². The van der Waals surface area contributed by atoms with E-state index >= 15 is 0 Å². The first-order valence-electron chi connectivity index (χ1n) is 7.31. The molecule has 0 aliphatic carbocycles. The molecule has 0 aliphatic heterocycles. The molecule has 0 aromatic heterocycles. The van der Waals surface area contributed by atoms with Crippen LogP contribution in [0.4, 0.5) is 0 Å². The quantitative estimate of drug-likeness (QED) is 0.786. The van der Waals surface area contributed by atoms with Gasteiger partial charge in [-0.05, 0) is 32.7 Å². The summed E-state index contributed by atoms with van der Waals surface area (Å²) in [5, 5.41) is 3.04. The van der Waals surface area contributed by atoms with E-state index in [0.717, 1.165) is 25.2 Å². The van der Waals surface area contributed by atoms with E-state index in [2.05, 4.69) is 24.1 Å². The van der Waals surface area contributed by atoms with E-state index in [-0.39, 0.29) is 11.9 Å². The second-order valence-corrected chi connectivity index (χ2v) is 5.09. The number of nitrogens with zero attached hydrogens (tertiary/aromatic N) is 2. The largest absolute Gasteiger partial charge is 0.353 e. The van der Waals surface area contributed by atoms with Crippen molar-refractivity contribution in [3.63, 3.8) is 0 Å². The predicted octanol–water partition coefficient (Wildman–Crippen LogP) is 1.75. The van der Waals surface area contributed by atoms with Crippen LogP contribution in [0.25, 0.3) is 0 Å². The van der Waals surface area contributed by atoms with Gasteiger partial charge in [0.25, 0.3) is 0 Å². The monoisotopic (exact) mass is 277 g/mol. The smallest absolute Gasteiger partial charge is 0.241 e. The summed E-state index contributed by atoms with van der Waals surface area (Å²) in [5.74, 6) is 0.0633. The molecular weight excluding hydrogens is 250 g/mol. The molecule has 0 heterocycles. The van der Waals surface area contributed by atoms with Crippen LogP contribution in [0.5, 0.6) is 0 Å². The van der Waals surface area contributed by atoms with E-state index in [4.69, 9.17) is 0 Å². The fourth-order valence-electron chi connectivity index (χ4n) is 2.29. The maximum atomic E-state index is 12.4. The van der Waals surface area contributed by atoms with Gasteiger partial charge in [0, 0.05) is 13.1 Å². The zero-order valence-electron chi connectivity index (χ0n) is 13.1. The zero-order valence-corrected chi connectivity index (χ0v) is 13.1. The Balaban J connectivity index is 2.58. The molecule has 0 saturated carbocycles. The normalized spacial score (nSPS) is 12.7. The van der Waals surface area contributed by atoms with Crippen molar-refractivity contribution in [3.8, 4) is 0 Å². The Bertz CT molecular complexity index is 388. The third-order valence-electron chi connectivity index (χ3n) is 3.50. The molecule has 1 aromatic rings. The average molecular weight is 277 g/mol. The van der Waals surface area contributed by atoms with Crippen molar-refractivity contribution in [2.75, 3.05) is 40.3 Å². The van der Waals surface area contributed by atoms with Crippen LogP contribution in [0.1, 0.15) is 25.5 Å². The fourth-order valence-corrected chi connectivity index (χ4v) is 2.29. The predicted molar refractivity (Wildman–Crippen MR) is 83.7 cm³/mol. The third-order valence-corrected chi connectivity index (χ3v) is 3.50. The molecular formula is C16H27N3O. The lowest BCUT2D eigenvalue weighted by Gasteiger charge is -2.25.